The molecule has 6 heteroatoms. The Hall–Kier alpha value is -1.01. The maximum absolute atomic E-state index is 11.8. The quantitative estimate of drug-likeness (QED) is 0.900. The van der Waals surface area contributed by atoms with Crippen LogP contribution in [-0.2, 0) is 9.59 Å². The Kier molecular flexibility index (Phi) is 6.21. The minimum absolute atomic E-state index is 0.0511. The third-order valence-electron chi connectivity index (χ3n) is 2.22. The summed E-state index contributed by atoms with van der Waals surface area (Å²) >= 11 is 4.79. The first-order chi connectivity index (χ1) is 8.54. The van der Waals surface area contributed by atoms with Gasteiger partial charge < -0.3 is 10.2 Å². The maximum atomic E-state index is 11.8. The van der Waals surface area contributed by atoms with E-state index in [0.29, 0.717) is 11.4 Å². The van der Waals surface area contributed by atoms with E-state index in [1.54, 1.807) is 13.1 Å². The number of para-hydroxylation sites is 1. The predicted octanol–water partition coefficient (Wildman–Crippen LogP) is 2.21. The SMILES string of the molecule is CSCC(=O)N(C)CC(=O)Nc1ccccc1Br. The molecule has 0 spiro atoms. The van der Waals surface area contributed by atoms with Gasteiger partial charge in [0.1, 0.15) is 0 Å². The van der Waals surface area contributed by atoms with Crippen molar-refractivity contribution in [3.63, 3.8) is 0 Å². The number of amides is 2. The summed E-state index contributed by atoms with van der Waals surface area (Å²) < 4.78 is 0.816. The third-order valence-corrected chi connectivity index (χ3v) is 3.45. The Labute approximate surface area is 119 Å². The monoisotopic (exact) mass is 330 g/mol. The summed E-state index contributed by atoms with van der Waals surface area (Å²) in [6.45, 7) is 0.0563. The zero-order valence-electron chi connectivity index (χ0n) is 10.3. The van der Waals surface area contributed by atoms with Crippen LogP contribution in [-0.4, -0.2) is 42.3 Å². The van der Waals surface area contributed by atoms with Crippen molar-refractivity contribution < 1.29 is 9.59 Å². The van der Waals surface area contributed by atoms with E-state index in [4.69, 9.17) is 0 Å². The number of carbonyl (C=O) groups is 2. The number of hydrogen-bond donors (Lipinski definition) is 1. The van der Waals surface area contributed by atoms with Crippen molar-refractivity contribution in [3.8, 4) is 0 Å². The molecular formula is C12H15BrN2O2S. The number of likely N-dealkylation sites (N-methyl/N-ethyl adjacent to an activating group) is 1. The molecule has 0 aromatic heterocycles. The average Bonchev–Trinajstić information content (AvgIpc) is 2.32. The number of rotatable bonds is 5. The van der Waals surface area contributed by atoms with Crippen molar-refractivity contribution in [2.75, 3.05) is 30.9 Å². The Bertz CT molecular complexity index is 440. The minimum atomic E-state index is -0.209. The molecule has 0 aliphatic carbocycles. The number of thioether (sulfide) groups is 1. The van der Waals surface area contributed by atoms with Gasteiger partial charge in [0.2, 0.25) is 11.8 Å². The van der Waals surface area contributed by atoms with Crippen molar-refractivity contribution in [2.24, 2.45) is 0 Å². The van der Waals surface area contributed by atoms with Crippen molar-refractivity contribution in [1.82, 2.24) is 4.90 Å². The molecule has 0 unspecified atom stereocenters. The van der Waals surface area contributed by atoms with Crippen LogP contribution in [0.15, 0.2) is 28.7 Å². The van der Waals surface area contributed by atoms with Gasteiger partial charge in [0.05, 0.1) is 18.0 Å². The van der Waals surface area contributed by atoms with E-state index in [0.717, 1.165) is 4.47 Å². The van der Waals surface area contributed by atoms with Gasteiger partial charge >= 0.3 is 0 Å². The fourth-order valence-corrected chi connectivity index (χ4v) is 2.14. The zero-order valence-corrected chi connectivity index (χ0v) is 12.7. The fraction of sp³-hybridized carbons (Fsp3) is 0.333. The topological polar surface area (TPSA) is 49.4 Å². The molecule has 4 nitrogen and oxygen atoms in total. The van der Waals surface area contributed by atoms with Crippen LogP contribution < -0.4 is 5.32 Å². The second kappa shape index (κ2) is 7.43. The summed E-state index contributed by atoms with van der Waals surface area (Å²) in [5.74, 6) is 0.127. The van der Waals surface area contributed by atoms with E-state index in [9.17, 15) is 9.59 Å². The Morgan fingerprint density at radius 1 is 1.39 bits per heavy atom. The highest BCUT2D eigenvalue weighted by molar-refractivity contribution is 9.10. The summed E-state index contributed by atoms with van der Waals surface area (Å²) in [6.07, 6.45) is 1.85. The van der Waals surface area contributed by atoms with Crippen molar-refractivity contribution >= 4 is 45.2 Å². The molecule has 0 saturated carbocycles. The molecule has 0 bridgehead atoms. The van der Waals surface area contributed by atoms with Crippen LogP contribution in [0.4, 0.5) is 5.69 Å². The lowest BCUT2D eigenvalue weighted by molar-refractivity contribution is -0.131. The number of hydrogen-bond acceptors (Lipinski definition) is 3. The van der Waals surface area contributed by atoms with Crippen LogP contribution in [0.3, 0.4) is 0 Å². The van der Waals surface area contributed by atoms with Gasteiger partial charge in [-0.2, -0.15) is 11.8 Å². The lowest BCUT2D eigenvalue weighted by atomic mass is 10.3. The van der Waals surface area contributed by atoms with Gasteiger partial charge in [-0.15, -0.1) is 0 Å². The molecule has 0 fully saturated rings. The van der Waals surface area contributed by atoms with Gasteiger partial charge in [0.15, 0.2) is 0 Å². The van der Waals surface area contributed by atoms with Crippen LogP contribution >= 0.6 is 27.7 Å². The first-order valence-electron chi connectivity index (χ1n) is 5.32. The predicted molar refractivity (Wildman–Crippen MR) is 78.8 cm³/mol. The van der Waals surface area contributed by atoms with Crippen molar-refractivity contribution in [1.29, 1.82) is 0 Å². The minimum Gasteiger partial charge on any atom is -0.336 e. The van der Waals surface area contributed by atoms with E-state index in [2.05, 4.69) is 21.2 Å². The molecule has 0 aliphatic rings. The van der Waals surface area contributed by atoms with E-state index in [1.165, 1.54) is 16.7 Å². The van der Waals surface area contributed by atoms with E-state index < -0.39 is 0 Å². The van der Waals surface area contributed by atoms with Gasteiger partial charge in [0, 0.05) is 11.5 Å². The zero-order chi connectivity index (χ0) is 13.5. The summed E-state index contributed by atoms with van der Waals surface area (Å²) in [5.41, 5.74) is 0.702. The average molecular weight is 331 g/mol. The number of benzene rings is 1. The molecule has 0 atom stereocenters. The summed E-state index contributed by atoms with van der Waals surface area (Å²) in [4.78, 5) is 24.7. The number of anilines is 1. The molecular weight excluding hydrogens is 316 g/mol. The van der Waals surface area contributed by atoms with Crippen molar-refractivity contribution in [2.45, 2.75) is 0 Å². The van der Waals surface area contributed by atoms with Gasteiger partial charge in [0.25, 0.3) is 0 Å². The molecule has 1 N–H and O–H groups in total. The highest BCUT2D eigenvalue weighted by Gasteiger charge is 2.12. The lowest BCUT2D eigenvalue weighted by Gasteiger charge is -2.16. The molecule has 1 aromatic rings. The van der Waals surface area contributed by atoms with E-state index >= 15 is 0 Å². The fourth-order valence-electron chi connectivity index (χ4n) is 1.29. The highest BCUT2D eigenvalue weighted by atomic mass is 79.9. The first kappa shape index (κ1) is 15.0. The smallest absolute Gasteiger partial charge is 0.244 e. The van der Waals surface area contributed by atoms with Crippen LogP contribution in [0.25, 0.3) is 0 Å². The maximum Gasteiger partial charge on any atom is 0.244 e. The molecule has 98 valence electrons. The van der Waals surface area contributed by atoms with E-state index in [1.807, 2.05) is 24.5 Å². The van der Waals surface area contributed by atoms with Crippen LogP contribution in [0.2, 0.25) is 0 Å². The molecule has 1 aromatic carbocycles. The second-order valence-electron chi connectivity index (χ2n) is 3.71. The number of nitrogens with zero attached hydrogens (tertiary/aromatic N) is 1. The summed E-state index contributed by atoms with van der Waals surface area (Å²) in [5, 5.41) is 2.75. The lowest BCUT2D eigenvalue weighted by Crippen LogP contribution is -2.35. The number of carbonyl (C=O) groups excluding carboxylic acids is 2. The van der Waals surface area contributed by atoms with Crippen molar-refractivity contribution in [3.05, 3.63) is 28.7 Å². The number of halogens is 1. The molecule has 0 heterocycles. The molecule has 0 radical (unpaired) electrons. The summed E-state index contributed by atoms with van der Waals surface area (Å²) in [7, 11) is 1.62. The second-order valence-corrected chi connectivity index (χ2v) is 5.43. The normalized spacial score (nSPS) is 9.94. The van der Waals surface area contributed by atoms with Crippen LogP contribution in [0, 0.1) is 0 Å². The molecule has 1 rings (SSSR count). The molecule has 2 amide bonds. The summed E-state index contributed by atoms with van der Waals surface area (Å²) in [6, 6.07) is 7.35. The first-order valence-corrected chi connectivity index (χ1v) is 7.50. The van der Waals surface area contributed by atoms with Gasteiger partial charge in [-0.05, 0) is 34.3 Å². The van der Waals surface area contributed by atoms with Gasteiger partial charge in [-0.25, -0.2) is 0 Å². The largest absolute Gasteiger partial charge is 0.336 e. The third kappa shape index (κ3) is 4.70. The number of nitrogens with one attached hydrogen (secondary N) is 1. The van der Waals surface area contributed by atoms with Crippen LogP contribution in [0.1, 0.15) is 0 Å². The standard InChI is InChI=1S/C12H15BrN2O2S/c1-15(12(17)8-18-2)7-11(16)14-10-6-4-3-5-9(10)13/h3-6H,7-8H2,1-2H3,(H,14,16). The molecule has 18 heavy (non-hydrogen) atoms. The Balaban J connectivity index is 2.52. The molecule has 0 saturated heterocycles. The Morgan fingerprint density at radius 2 is 2.06 bits per heavy atom. The highest BCUT2D eigenvalue weighted by Crippen LogP contribution is 2.20. The van der Waals surface area contributed by atoms with E-state index in [-0.39, 0.29) is 18.4 Å². The molecule has 0 aliphatic heterocycles. The van der Waals surface area contributed by atoms with Gasteiger partial charge in [-0.3, -0.25) is 9.59 Å². The Morgan fingerprint density at radius 3 is 2.67 bits per heavy atom. The van der Waals surface area contributed by atoms with Crippen LogP contribution in [0.5, 0.6) is 0 Å². The van der Waals surface area contributed by atoms with Gasteiger partial charge in [-0.1, -0.05) is 12.1 Å².